The van der Waals surface area contributed by atoms with Crippen molar-refractivity contribution in [2.45, 2.75) is 26.9 Å². The molecule has 1 saturated heterocycles. The van der Waals surface area contributed by atoms with Crippen molar-refractivity contribution >= 4 is 17.7 Å². The second kappa shape index (κ2) is 12.3. The second-order valence-electron chi connectivity index (χ2n) is 8.94. The average Bonchev–Trinajstić information content (AvgIpc) is 2.85. The molecular weight excluding hydrogens is 434 g/mol. The Morgan fingerprint density at radius 2 is 1.65 bits per heavy atom. The van der Waals surface area contributed by atoms with Crippen LogP contribution in [-0.4, -0.2) is 66.9 Å². The fraction of sp³-hybridized carbons (Fsp3) is 0.462. The highest BCUT2D eigenvalue weighted by Gasteiger charge is 2.31. The van der Waals surface area contributed by atoms with Crippen LogP contribution in [0.3, 0.4) is 0 Å². The van der Waals surface area contributed by atoms with Crippen LogP contribution in [-0.2, 0) is 16.2 Å². The van der Waals surface area contributed by atoms with E-state index < -0.39 is 12.0 Å². The summed E-state index contributed by atoms with van der Waals surface area (Å²) in [5, 5.41) is 10.6. The number of nitrogens with zero attached hydrogens (tertiary/aromatic N) is 3. The quantitative estimate of drug-likeness (QED) is 0.527. The minimum Gasteiger partial charge on any atom is -0.497 e. The van der Waals surface area contributed by atoms with Gasteiger partial charge in [-0.15, -0.1) is 0 Å². The third-order valence-electron chi connectivity index (χ3n) is 5.96. The predicted molar refractivity (Wildman–Crippen MR) is 131 cm³/mol. The molecule has 1 atom stereocenters. The number of methoxy groups -OCH3 is 1. The summed E-state index contributed by atoms with van der Waals surface area (Å²) in [6.45, 7) is 6.86. The van der Waals surface area contributed by atoms with E-state index >= 15 is 0 Å². The summed E-state index contributed by atoms with van der Waals surface area (Å²) in [5.41, 5.74) is 1.97. The smallest absolute Gasteiger partial charge is 0.431 e. The first kappa shape index (κ1) is 25.4. The van der Waals surface area contributed by atoms with Gasteiger partial charge in [-0.05, 0) is 42.2 Å². The lowest BCUT2D eigenvalue weighted by Gasteiger charge is -2.38. The minimum atomic E-state index is -1.19. The number of carboxylic acid groups (broad SMARTS) is 1. The van der Waals surface area contributed by atoms with E-state index in [0.29, 0.717) is 19.5 Å². The number of piperazine rings is 1. The Kier molecular flexibility index (Phi) is 9.16. The molecule has 8 nitrogen and oxygen atoms in total. The van der Waals surface area contributed by atoms with Crippen LogP contribution in [0.1, 0.15) is 25.8 Å². The number of hydrogen-bond acceptors (Lipinski definition) is 5. The van der Waals surface area contributed by atoms with E-state index in [1.54, 1.807) is 7.11 Å². The molecule has 1 aliphatic heterocycles. The number of anilines is 1. The third kappa shape index (κ3) is 7.12. The molecule has 34 heavy (non-hydrogen) atoms. The predicted octanol–water partition coefficient (Wildman–Crippen LogP) is 4.12. The number of ether oxygens (including phenoxy) is 1. The molecule has 0 radical (unpaired) electrons. The summed E-state index contributed by atoms with van der Waals surface area (Å²) in [6.07, 6.45) is -0.600. The lowest BCUT2D eigenvalue weighted by atomic mass is 9.95. The molecule has 0 unspecified atom stereocenters. The molecule has 1 heterocycles. The molecular formula is C26H35N3O5. The molecule has 2 amide bonds. The number of amides is 2. The largest absolute Gasteiger partial charge is 0.497 e. The molecule has 0 bridgehead atoms. The van der Waals surface area contributed by atoms with Gasteiger partial charge in [-0.3, -0.25) is 9.63 Å². The zero-order valence-electron chi connectivity index (χ0n) is 20.2. The van der Waals surface area contributed by atoms with Crippen LogP contribution < -0.4 is 9.64 Å². The van der Waals surface area contributed by atoms with E-state index in [-0.39, 0.29) is 25.0 Å². The van der Waals surface area contributed by atoms with Gasteiger partial charge in [0.1, 0.15) is 12.4 Å². The summed E-state index contributed by atoms with van der Waals surface area (Å²) < 4.78 is 5.23. The van der Waals surface area contributed by atoms with Crippen molar-refractivity contribution in [1.29, 1.82) is 0 Å². The summed E-state index contributed by atoms with van der Waals surface area (Å²) in [6, 6.07) is 17.3. The lowest BCUT2D eigenvalue weighted by Crippen LogP contribution is -2.52. The normalized spacial score (nSPS) is 14.7. The highest BCUT2D eigenvalue weighted by Crippen LogP contribution is 2.23. The van der Waals surface area contributed by atoms with Crippen molar-refractivity contribution in [3.63, 3.8) is 0 Å². The van der Waals surface area contributed by atoms with Crippen molar-refractivity contribution in [3.8, 4) is 5.75 Å². The number of carbonyl (C=O) groups is 2. The lowest BCUT2D eigenvalue weighted by molar-refractivity contribution is -0.159. The number of hydroxylamine groups is 2. The molecule has 184 valence electrons. The molecule has 2 aromatic carbocycles. The Labute approximate surface area is 201 Å². The van der Waals surface area contributed by atoms with Gasteiger partial charge in [-0.1, -0.05) is 44.2 Å². The Morgan fingerprint density at radius 1 is 1.00 bits per heavy atom. The van der Waals surface area contributed by atoms with Gasteiger partial charge >= 0.3 is 6.09 Å². The molecule has 8 heteroatoms. The molecule has 2 aromatic rings. The molecule has 0 aromatic heterocycles. The molecule has 1 fully saturated rings. The van der Waals surface area contributed by atoms with Crippen molar-refractivity contribution in [2.24, 2.45) is 11.8 Å². The first-order chi connectivity index (χ1) is 16.4. The van der Waals surface area contributed by atoms with Crippen molar-refractivity contribution in [1.82, 2.24) is 9.96 Å². The fourth-order valence-electron chi connectivity index (χ4n) is 4.17. The van der Waals surface area contributed by atoms with Crippen molar-refractivity contribution < 1.29 is 24.3 Å². The second-order valence-corrected chi connectivity index (χ2v) is 8.94. The summed E-state index contributed by atoms with van der Waals surface area (Å²) in [7, 11) is 1.64. The Bertz CT molecular complexity index is 912. The third-order valence-corrected chi connectivity index (χ3v) is 5.96. The van der Waals surface area contributed by atoms with Gasteiger partial charge < -0.3 is 19.6 Å². The molecule has 0 aliphatic carbocycles. The van der Waals surface area contributed by atoms with Crippen LogP contribution in [0.25, 0.3) is 0 Å². The zero-order valence-corrected chi connectivity index (χ0v) is 20.2. The maximum absolute atomic E-state index is 13.4. The van der Waals surface area contributed by atoms with E-state index in [1.807, 2.05) is 73.3 Å². The van der Waals surface area contributed by atoms with Crippen LogP contribution in [0.4, 0.5) is 10.5 Å². The Morgan fingerprint density at radius 3 is 2.21 bits per heavy atom. The van der Waals surface area contributed by atoms with Gasteiger partial charge in [0.25, 0.3) is 0 Å². The summed E-state index contributed by atoms with van der Waals surface area (Å²) in [5.74, 6) is 0.586. The number of rotatable bonds is 10. The molecule has 1 N–H and O–H groups in total. The van der Waals surface area contributed by atoms with E-state index in [1.165, 1.54) is 0 Å². The highest BCUT2D eigenvalue weighted by molar-refractivity contribution is 5.80. The number of hydrogen-bond donors (Lipinski definition) is 1. The van der Waals surface area contributed by atoms with Crippen LogP contribution in [0.2, 0.25) is 0 Å². The molecule has 1 aliphatic rings. The first-order valence-corrected chi connectivity index (χ1v) is 11.7. The standard InChI is InChI=1S/C26H35N3O5/c1-20(2)17-22(18-29(26(31)32)34-19-21-7-5-4-6-8-21)25(30)28-15-13-27(14-16-28)23-9-11-24(33-3)12-10-23/h4-12,20,22H,13-19H2,1-3H3,(H,31,32)/t22-/m1/s1. The van der Waals surface area contributed by atoms with E-state index in [2.05, 4.69) is 4.90 Å². The number of benzene rings is 2. The summed E-state index contributed by atoms with van der Waals surface area (Å²) in [4.78, 5) is 34.9. The first-order valence-electron chi connectivity index (χ1n) is 11.7. The van der Waals surface area contributed by atoms with E-state index in [0.717, 1.165) is 35.2 Å². The highest BCUT2D eigenvalue weighted by atomic mass is 16.7. The maximum Gasteiger partial charge on any atom is 0.431 e. The van der Waals surface area contributed by atoms with Gasteiger partial charge in [0.05, 0.1) is 19.6 Å². The van der Waals surface area contributed by atoms with Crippen LogP contribution in [0, 0.1) is 11.8 Å². The fourth-order valence-corrected chi connectivity index (χ4v) is 4.17. The van der Waals surface area contributed by atoms with E-state index in [9.17, 15) is 14.7 Å². The van der Waals surface area contributed by atoms with Gasteiger partial charge in [0.2, 0.25) is 5.91 Å². The van der Waals surface area contributed by atoms with Crippen LogP contribution in [0.5, 0.6) is 5.75 Å². The van der Waals surface area contributed by atoms with Crippen molar-refractivity contribution in [3.05, 3.63) is 60.2 Å². The average molecular weight is 470 g/mol. The monoisotopic (exact) mass is 469 g/mol. The van der Waals surface area contributed by atoms with Gasteiger partial charge in [0, 0.05) is 31.9 Å². The van der Waals surface area contributed by atoms with Gasteiger partial charge in [-0.25, -0.2) is 4.79 Å². The maximum atomic E-state index is 13.4. The van der Waals surface area contributed by atoms with Crippen LogP contribution >= 0.6 is 0 Å². The zero-order chi connectivity index (χ0) is 24.5. The minimum absolute atomic E-state index is 0.0118. The topological polar surface area (TPSA) is 82.5 Å². The summed E-state index contributed by atoms with van der Waals surface area (Å²) >= 11 is 0. The molecule has 0 saturated carbocycles. The van der Waals surface area contributed by atoms with Gasteiger partial charge in [-0.2, -0.15) is 5.06 Å². The van der Waals surface area contributed by atoms with E-state index in [4.69, 9.17) is 9.57 Å². The Hall–Kier alpha value is -3.26. The molecule has 0 spiro atoms. The SMILES string of the molecule is COc1ccc(N2CCN(C(=O)[C@H](CC(C)C)CN(OCc3ccccc3)C(=O)O)CC2)cc1. The van der Waals surface area contributed by atoms with Gasteiger partial charge in [0.15, 0.2) is 0 Å². The number of carbonyl (C=O) groups excluding carboxylic acids is 1. The van der Waals surface area contributed by atoms with Crippen molar-refractivity contribution in [2.75, 3.05) is 44.7 Å². The van der Waals surface area contributed by atoms with Crippen LogP contribution in [0.15, 0.2) is 54.6 Å². The molecule has 3 rings (SSSR count). The Balaban J connectivity index is 1.60.